The normalized spacial score (nSPS) is 14.4. The van der Waals surface area contributed by atoms with Crippen molar-refractivity contribution in [2.45, 2.75) is 6.42 Å². The van der Waals surface area contributed by atoms with Crippen LogP contribution in [0.15, 0.2) is 27.5 Å². The van der Waals surface area contributed by atoms with Gasteiger partial charge in [0.2, 0.25) is 0 Å². The highest BCUT2D eigenvalue weighted by Crippen LogP contribution is 2.21. The monoisotopic (exact) mass is 291 g/mol. The van der Waals surface area contributed by atoms with E-state index in [9.17, 15) is 9.59 Å². The molecular weight excluding hydrogens is 278 g/mol. The van der Waals surface area contributed by atoms with Crippen molar-refractivity contribution in [3.05, 3.63) is 28.8 Å². The van der Waals surface area contributed by atoms with Gasteiger partial charge in [0, 0.05) is 19.2 Å². The van der Waals surface area contributed by atoms with E-state index in [2.05, 4.69) is 26.1 Å². The fourth-order valence-corrected chi connectivity index (χ4v) is 2.10. The fraction of sp³-hybridized carbons (Fsp3) is 0.333. The molecule has 0 fully saturated rings. The summed E-state index contributed by atoms with van der Waals surface area (Å²) in [6.45, 7) is 1.42. The van der Waals surface area contributed by atoms with Gasteiger partial charge in [0.05, 0.1) is 7.11 Å². The van der Waals surface area contributed by atoms with Gasteiger partial charge in [0.25, 0.3) is 5.78 Å². The molecule has 0 aromatic carbocycles. The fourth-order valence-electron chi connectivity index (χ4n) is 2.10. The molecule has 1 aliphatic heterocycles. The predicted molar refractivity (Wildman–Crippen MR) is 73.5 cm³/mol. The average Bonchev–Trinajstić information content (AvgIpc) is 2.87. The molecule has 2 aromatic rings. The van der Waals surface area contributed by atoms with Crippen LogP contribution in [-0.4, -0.2) is 40.8 Å². The van der Waals surface area contributed by atoms with Gasteiger partial charge in [0.1, 0.15) is 5.82 Å². The molecule has 0 saturated carbocycles. The van der Waals surface area contributed by atoms with Crippen LogP contribution in [-0.2, 0) is 4.74 Å². The predicted octanol–water partition coefficient (Wildman–Crippen LogP) is 0.627. The van der Waals surface area contributed by atoms with Gasteiger partial charge in [-0.3, -0.25) is 5.32 Å². The van der Waals surface area contributed by atoms with E-state index in [0.29, 0.717) is 12.4 Å². The van der Waals surface area contributed by atoms with E-state index in [4.69, 9.17) is 4.52 Å². The third-order valence-electron chi connectivity index (χ3n) is 3.03. The minimum atomic E-state index is -0.744. The highest BCUT2D eigenvalue weighted by molar-refractivity contribution is 5.84. The molecule has 0 aliphatic carbocycles. The van der Waals surface area contributed by atoms with Crippen LogP contribution in [0.25, 0.3) is 5.78 Å². The lowest BCUT2D eigenvalue weighted by Crippen LogP contribution is -2.29. The third-order valence-corrected chi connectivity index (χ3v) is 3.03. The summed E-state index contributed by atoms with van der Waals surface area (Å²) in [6, 6.07) is 1.60. The topological polar surface area (TPSA) is 102 Å². The quantitative estimate of drug-likeness (QED) is 0.809. The lowest BCUT2D eigenvalue weighted by molar-refractivity contribution is 0.187. The molecule has 3 rings (SSSR count). The van der Waals surface area contributed by atoms with Crippen LogP contribution in [0.4, 0.5) is 16.4 Å². The first-order valence-electron chi connectivity index (χ1n) is 6.33. The first kappa shape index (κ1) is 13.2. The third kappa shape index (κ3) is 2.57. The molecule has 9 heteroatoms. The minimum absolute atomic E-state index is 0.0819. The summed E-state index contributed by atoms with van der Waals surface area (Å²) in [5, 5.41) is 2.46. The second-order valence-corrected chi connectivity index (χ2v) is 4.39. The molecule has 0 saturated heterocycles. The molecule has 110 valence electrons. The zero-order chi connectivity index (χ0) is 14.8. The smallest absolute Gasteiger partial charge is 0.453 e. The van der Waals surface area contributed by atoms with E-state index < -0.39 is 11.8 Å². The molecule has 1 N–H and O–H groups in total. The molecule has 0 bridgehead atoms. The van der Waals surface area contributed by atoms with Gasteiger partial charge in [-0.2, -0.15) is 4.98 Å². The van der Waals surface area contributed by atoms with Crippen molar-refractivity contribution in [1.82, 2.24) is 14.5 Å². The number of carbonyl (C=O) groups is 1. The Morgan fingerprint density at radius 1 is 1.43 bits per heavy atom. The Morgan fingerprint density at radius 3 is 3.00 bits per heavy atom. The molecule has 9 nitrogen and oxygen atoms in total. The summed E-state index contributed by atoms with van der Waals surface area (Å²) in [6.07, 6.45) is 4.31. The van der Waals surface area contributed by atoms with Crippen molar-refractivity contribution in [2.75, 3.05) is 30.4 Å². The van der Waals surface area contributed by atoms with Gasteiger partial charge < -0.3 is 14.2 Å². The van der Waals surface area contributed by atoms with Crippen LogP contribution < -0.4 is 16.0 Å². The highest BCUT2D eigenvalue weighted by atomic mass is 16.5. The summed E-state index contributed by atoms with van der Waals surface area (Å²) in [7, 11) is 1.25. The Hall–Kier alpha value is -2.84. The Morgan fingerprint density at radius 2 is 2.29 bits per heavy atom. The maximum Gasteiger partial charge on any atom is 0.461 e. The number of ether oxygens (including phenoxy) is 1. The molecular formula is C12H13N5O4. The summed E-state index contributed by atoms with van der Waals surface area (Å²) < 4.78 is 10.8. The molecule has 0 unspecified atom stereocenters. The Kier molecular flexibility index (Phi) is 3.30. The molecule has 0 atom stereocenters. The van der Waals surface area contributed by atoms with Crippen LogP contribution in [0.3, 0.4) is 0 Å². The molecule has 3 heterocycles. The Bertz CT molecular complexity index is 763. The molecule has 1 amide bonds. The molecule has 0 spiro atoms. The Labute approximate surface area is 118 Å². The van der Waals surface area contributed by atoms with Crippen molar-refractivity contribution in [3.63, 3.8) is 0 Å². The number of methoxy groups -OCH3 is 1. The van der Waals surface area contributed by atoms with E-state index in [-0.39, 0.29) is 11.6 Å². The summed E-state index contributed by atoms with van der Waals surface area (Å²) >= 11 is 0. The van der Waals surface area contributed by atoms with Gasteiger partial charge in [-0.25, -0.2) is 9.59 Å². The van der Waals surface area contributed by atoms with Crippen LogP contribution in [0, 0.1) is 0 Å². The van der Waals surface area contributed by atoms with Crippen LogP contribution in [0.5, 0.6) is 0 Å². The highest BCUT2D eigenvalue weighted by Gasteiger charge is 2.17. The number of nitrogens with one attached hydrogen (secondary N) is 1. The van der Waals surface area contributed by atoms with Gasteiger partial charge in [-0.15, -0.1) is 9.56 Å². The van der Waals surface area contributed by atoms with E-state index in [1.807, 2.05) is 11.0 Å². The van der Waals surface area contributed by atoms with E-state index in [1.165, 1.54) is 11.7 Å². The van der Waals surface area contributed by atoms with Crippen molar-refractivity contribution >= 4 is 23.5 Å². The first-order valence-corrected chi connectivity index (χ1v) is 6.33. The van der Waals surface area contributed by atoms with Gasteiger partial charge in [-0.1, -0.05) is 12.2 Å². The SMILES string of the molecule is COC(=O)Nc1cc(N2CC=CCC2)n2oc(=O)nc2n1. The number of fused-ring (bicyclic) bond motifs is 1. The van der Waals surface area contributed by atoms with Crippen molar-refractivity contribution in [1.29, 1.82) is 0 Å². The largest absolute Gasteiger partial charge is 0.461 e. The number of carbonyl (C=O) groups excluding carboxylic acids is 1. The van der Waals surface area contributed by atoms with Crippen molar-refractivity contribution < 1.29 is 14.1 Å². The van der Waals surface area contributed by atoms with Crippen molar-refractivity contribution in [3.8, 4) is 0 Å². The summed E-state index contributed by atoms with van der Waals surface area (Å²) in [5.41, 5.74) is 0. The number of hydrogen-bond acceptors (Lipinski definition) is 7. The molecule has 2 aromatic heterocycles. The van der Waals surface area contributed by atoms with Crippen LogP contribution >= 0.6 is 0 Å². The zero-order valence-corrected chi connectivity index (χ0v) is 11.3. The minimum Gasteiger partial charge on any atom is -0.453 e. The zero-order valence-electron chi connectivity index (χ0n) is 11.3. The van der Waals surface area contributed by atoms with Crippen LogP contribution in [0.1, 0.15) is 6.42 Å². The van der Waals surface area contributed by atoms with Gasteiger partial charge in [-0.05, 0) is 6.42 Å². The summed E-state index contributed by atoms with van der Waals surface area (Å²) in [4.78, 5) is 32.3. The van der Waals surface area contributed by atoms with E-state index >= 15 is 0 Å². The lowest BCUT2D eigenvalue weighted by atomic mass is 10.2. The number of nitrogens with zero attached hydrogens (tertiary/aromatic N) is 4. The standard InChI is InChI=1S/C12H13N5O4/c1-20-11(18)14-8-7-9(16-5-3-2-4-6-16)17-10(13-8)15-12(19)21-17/h2-3,7H,4-6H2,1H3,(H,13,14,15,18,19). The summed E-state index contributed by atoms with van der Waals surface area (Å²) in [5.74, 6) is 0.162. The molecule has 0 radical (unpaired) electrons. The number of anilines is 2. The maximum absolute atomic E-state index is 11.3. The number of aromatic nitrogens is 3. The lowest BCUT2D eigenvalue weighted by Gasteiger charge is -2.25. The van der Waals surface area contributed by atoms with E-state index in [1.54, 1.807) is 6.07 Å². The number of rotatable bonds is 2. The number of hydrogen-bond donors (Lipinski definition) is 1. The number of amides is 1. The Balaban J connectivity index is 2.08. The average molecular weight is 291 g/mol. The maximum atomic E-state index is 11.3. The molecule has 21 heavy (non-hydrogen) atoms. The molecule has 1 aliphatic rings. The van der Waals surface area contributed by atoms with Crippen LogP contribution in [0.2, 0.25) is 0 Å². The van der Waals surface area contributed by atoms with E-state index in [0.717, 1.165) is 13.0 Å². The van der Waals surface area contributed by atoms with Gasteiger partial charge >= 0.3 is 11.8 Å². The van der Waals surface area contributed by atoms with Gasteiger partial charge in [0.15, 0.2) is 5.82 Å². The second kappa shape index (κ2) is 5.27. The second-order valence-electron chi connectivity index (χ2n) is 4.39. The van der Waals surface area contributed by atoms with Crippen molar-refractivity contribution in [2.24, 2.45) is 0 Å². The first-order chi connectivity index (χ1) is 10.2.